The van der Waals surface area contributed by atoms with Crippen molar-refractivity contribution < 1.29 is 0 Å². The summed E-state index contributed by atoms with van der Waals surface area (Å²) >= 11 is 0. The van der Waals surface area contributed by atoms with Crippen LogP contribution in [-0.4, -0.2) is 4.98 Å². The molecule has 0 radical (unpaired) electrons. The Balaban J connectivity index is 2.18. The number of nitrogens with two attached hydrogens (primary N) is 1. The number of aromatic nitrogens is 1. The third kappa shape index (κ3) is 1.48. The summed E-state index contributed by atoms with van der Waals surface area (Å²) in [4.78, 5) is 14.4. The van der Waals surface area contributed by atoms with Crippen molar-refractivity contribution in [3.8, 4) is 0 Å². The van der Waals surface area contributed by atoms with E-state index in [9.17, 15) is 4.79 Å². The standard InChI is InChI=1S/C14H20N2O/c1-8-5-10-6-12-11(3-4-13(17)16-12)14(15,7-8)9(10)2/h3-4,8-10H,5-7,15H2,1-2H3,(H,16,17)/t8-,9?,10?,14?/m1/s1. The highest BCUT2D eigenvalue weighted by atomic mass is 16.1. The zero-order valence-corrected chi connectivity index (χ0v) is 10.5. The maximum atomic E-state index is 11.4. The van der Waals surface area contributed by atoms with Gasteiger partial charge in [-0.15, -0.1) is 0 Å². The highest BCUT2D eigenvalue weighted by molar-refractivity contribution is 5.34. The second-order valence-electron chi connectivity index (χ2n) is 6.05. The molecule has 0 aromatic carbocycles. The van der Waals surface area contributed by atoms with Crippen LogP contribution < -0.4 is 11.3 Å². The number of hydrogen-bond donors (Lipinski definition) is 2. The molecule has 0 saturated heterocycles. The Bertz CT molecular complexity index is 507. The van der Waals surface area contributed by atoms with Crippen LogP contribution in [0.2, 0.25) is 0 Å². The van der Waals surface area contributed by atoms with E-state index in [0.717, 1.165) is 18.5 Å². The van der Waals surface area contributed by atoms with Crippen LogP contribution in [0.5, 0.6) is 0 Å². The average Bonchev–Trinajstić information content (AvgIpc) is 2.23. The lowest BCUT2D eigenvalue weighted by Crippen LogP contribution is -2.54. The molecule has 17 heavy (non-hydrogen) atoms. The Morgan fingerprint density at radius 1 is 1.41 bits per heavy atom. The molecule has 3 rings (SSSR count). The first-order chi connectivity index (χ1) is 8.00. The molecule has 3 heteroatoms. The number of aromatic amines is 1. The van der Waals surface area contributed by atoms with Gasteiger partial charge in [0.15, 0.2) is 0 Å². The molecule has 1 heterocycles. The molecule has 1 fully saturated rings. The van der Waals surface area contributed by atoms with E-state index >= 15 is 0 Å². The van der Waals surface area contributed by atoms with Crippen molar-refractivity contribution in [3.63, 3.8) is 0 Å². The minimum Gasteiger partial charge on any atom is -0.326 e. The van der Waals surface area contributed by atoms with Crippen molar-refractivity contribution in [3.05, 3.63) is 33.7 Å². The first-order valence-electron chi connectivity index (χ1n) is 6.52. The highest BCUT2D eigenvalue weighted by Gasteiger charge is 2.48. The van der Waals surface area contributed by atoms with E-state index in [-0.39, 0.29) is 11.1 Å². The van der Waals surface area contributed by atoms with Crippen molar-refractivity contribution in [2.24, 2.45) is 23.5 Å². The fourth-order valence-corrected chi connectivity index (χ4v) is 3.98. The number of hydrogen-bond acceptors (Lipinski definition) is 2. The Morgan fingerprint density at radius 2 is 2.18 bits per heavy atom. The van der Waals surface area contributed by atoms with Gasteiger partial charge in [0.05, 0.1) is 0 Å². The predicted octanol–water partition coefficient (Wildman–Crippen LogP) is 1.77. The van der Waals surface area contributed by atoms with E-state index in [4.69, 9.17) is 5.73 Å². The molecule has 0 amide bonds. The molecular formula is C14H20N2O. The Labute approximate surface area is 101 Å². The SMILES string of the molecule is CC1C2Cc3[nH]c(=O)ccc3C1(N)C[C@H](C)C2. The molecule has 3 nitrogen and oxygen atoms in total. The summed E-state index contributed by atoms with van der Waals surface area (Å²) < 4.78 is 0. The molecule has 2 bridgehead atoms. The van der Waals surface area contributed by atoms with Gasteiger partial charge >= 0.3 is 0 Å². The molecule has 4 atom stereocenters. The summed E-state index contributed by atoms with van der Waals surface area (Å²) in [7, 11) is 0. The fourth-order valence-electron chi connectivity index (χ4n) is 3.98. The maximum Gasteiger partial charge on any atom is 0.248 e. The van der Waals surface area contributed by atoms with E-state index < -0.39 is 0 Å². The van der Waals surface area contributed by atoms with Gasteiger partial charge in [0.2, 0.25) is 5.56 Å². The summed E-state index contributed by atoms with van der Waals surface area (Å²) in [6.45, 7) is 4.56. The minimum absolute atomic E-state index is 0.00646. The van der Waals surface area contributed by atoms with Gasteiger partial charge in [0.25, 0.3) is 0 Å². The quantitative estimate of drug-likeness (QED) is 0.716. The molecule has 3 unspecified atom stereocenters. The predicted molar refractivity (Wildman–Crippen MR) is 67.7 cm³/mol. The van der Waals surface area contributed by atoms with Gasteiger partial charge in [0, 0.05) is 17.3 Å². The molecular weight excluding hydrogens is 212 g/mol. The number of fused-ring (bicyclic) bond motifs is 4. The molecule has 3 N–H and O–H groups in total. The van der Waals surface area contributed by atoms with Crippen molar-refractivity contribution in [2.45, 2.75) is 38.6 Å². The Morgan fingerprint density at radius 3 is 2.94 bits per heavy atom. The fraction of sp³-hybridized carbons (Fsp3) is 0.643. The zero-order valence-electron chi connectivity index (χ0n) is 10.5. The first-order valence-corrected chi connectivity index (χ1v) is 6.52. The van der Waals surface area contributed by atoms with Gasteiger partial charge in [-0.25, -0.2) is 0 Å². The van der Waals surface area contributed by atoms with Gasteiger partial charge in [-0.2, -0.15) is 0 Å². The topological polar surface area (TPSA) is 58.9 Å². The van der Waals surface area contributed by atoms with E-state index in [1.54, 1.807) is 6.07 Å². The van der Waals surface area contributed by atoms with Crippen LogP contribution in [0.3, 0.4) is 0 Å². The van der Waals surface area contributed by atoms with E-state index in [2.05, 4.69) is 18.8 Å². The average molecular weight is 232 g/mol. The lowest BCUT2D eigenvalue weighted by Gasteiger charge is -2.51. The molecule has 1 aromatic rings. The number of H-pyrrole nitrogens is 1. The van der Waals surface area contributed by atoms with E-state index in [1.807, 2.05) is 6.07 Å². The van der Waals surface area contributed by atoms with Crippen LogP contribution >= 0.6 is 0 Å². The van der Waals surface area contributed by atoms with Crippen LogP contribution in [0.4, 0.5) is 0 Å². The van der Waals surface area contributed by atoms with Crippen LogP contribution in [0.1, 0.15) is 37.9 Å². The highest BCUT2D eigenvalue weighted by Crippen LogP contribution is 2.50. The van der Waals surface area contributed by atoms with Crippen LogP contribution in [-0.2, 0) is 12.0 Å². The zero-order chi connectivity index (χ0) is 12.2. The monoisotopic (exact) mass is 232 g/mol. The lowest BCUT2D eigenvalue weighted by atomic mass is 9.57. The maximum absolute atomic E-state index is 11.4. The second-order valence-corrected chi connectivity index (χ2v) is 6.05. The Kier molecular flexibility index (Phi) is 2.24. The summed E-state index contributed by atoms with van der Waals surface area (Å²) in [5, 5.41) is 0. The summed E-state index contributed by atoms with van der Waals surface area (Å²) in [6, 6.07) is 3.55. The molecule has 0 spiro atoms. The largest absolute Gasteiger partial charge is 0.326 e. The van der Waals surface area contributed by atoms with Crippen LogP contribution in [0, 0.1) is 17.8 Å². The van der Waals surface area contributed by atoms with Gasteiger partial charge in [-0.1, -0.05) is 13.8 Å². The van der Waals surface area contributed by atoms with Crippen molar-refractivity contribution in [2.75, 3.05) is 0 Å². The van der Waals surface area contributed by atoms with Crippen LogP contribution in [0.25, 0.3) is 0 Å². The van der Waals surface area contributed by atoms with Crippen molar-refractivity contribution in [1.82, 2.24) is 4.98 Å². The molecule has 2 aliphatic carbocycles. The molecule has 0 aliphatic heterocycles. The van der Waals surface area contributed by atoms with Crippen molar-refractivity contribution >= 4 is 0 Å². The minimum atomic E-state index is -0.236. The third-order valence-corrected chi connectivity index (χ3v) is 4.88. The summed E-state index contributed by atoms with van der Waals surface area (Å²) in [5.41, 5.74) is 8.68. The second kappa shape index (κ2) is 3.45. The van der Waals surface area contributed by atoms with Gasteiger partial charge < -0.3 is 10.7 Å². The third-order valence-electron chi connectivity index (χ3n) is 4.88. The number of pyridine rings is 1. The van der Waals surface area contributed by atoms with E-state index in [0.29, 0.717) is 17.8 Å². The normalized spacial score (nSPS) is 39.8. The van der Waals surface area contributed by atoms with Gasteiger partial charge in [0.1, 0.15) is 0 Å². The molecule has 2 aliphatic rings. The molecule has 92 valence electrons. The number of rotatable bonds is 0. The van der Waals surface area contributed by atoms with Gasteiger partial charge in [-0.05, 0) is 48.6 Å². The van der Waals surface area contributed by atoms with E-state index in [1.165, 1.54) is 12.0 Å². The Hall–Kier alpha value is -1.09. The first kappa shape index (κ1) is 11.0. The lowest BCUT2D eigenvalue weighted by molar-refractivity contribution is 0.0765. The molecule has 1 saturated carbocycles. The van der Waals surface area contributed by atoms with Crippen LogP contribution in [0.15, 0.2) is 16.9 Å². The van der Waals surface area contributed by atoms with Gasteiger partial charge in [-0.3, -0.25) is 4.79 Å². The summed E-state index contributed by atoms with van der Waals surface area (Å²) in [6.07, 6.45) is 3.25. The van der Waals surface area contributed by atoms with Crippen molar-refractivity contribution in [1.29, 1.82) is 0 Å². The summed E-state index contributed by atoms with van der Waals surface area (Å²) in [5.74, 6) is 1.81. The smallest absolute Gasteiger partial charge is 0.248 e. The number of nitrogens with one attached hydrogen (secondary N) is 1. The molecule has 1 aromatic heterocycles.